The lowest BCUT2D eigenvalue weighted by atomic mass is 9.85. The molecule has 2 aromatic heterocycles. The Hall–Kier alpha value is -3.72. The first-order valence-electron chi connectivity index (χ1n) is 11.7. The summed E-state index contributed by atoms with van der Waals surface area (Å²) < 4.78 is 11.7. The van der Waals surface area contributed by atoms with Gasteiger partial charge in [0.25, 0.3) is 0 Å². The summed E-state index contributed by atoms with van der Waals surface area (Å²) in [5, 5.41) is 3.83. The van der Waals surface area contributed by atoms with Crippen molar-refractivity contribution < 1.29 is 13.9 Å². The maximum Gasteiger partial charge on any atom is 0.425 e. The van der Waals surface area contributed by atoms with Crippen molar-refractivity contribution in [2.45, 2.75) is 38.8 Å². The van der Waals surface area contributed by atoms with Gasteiger partial charge < -0.3 is 4.74 Å². The second-order valence-electron chi connectivity index (χ2n) is 10.8. The largest absolute Gasteiger partial charge is 0.456 e. The number of aromatic nitrogens is 2. The number of fused-ring (bicyclic) bond motifs is 2. The molecule has 0 saturated carbocycles. The number of hydrogen-bond acceptors (Lipinski definition) is 1. The number of benzene rings is 3. The normalized spacial score (nSPS) is 18.7. The highest BCUT2D eigenvalue weighted by molar-refractivity contribution is 6.08. The minimum atomic E-state index is -0.472. The first-order valence-corrected chi connectivity index (χ1v) is 11.7. The Morgan fingerprint density at radius 2 is 1.61 bits per heavy atom. The van der Waals surface area contributed by atoms with Gasteiger partial charge in [0.15, 0.2) is 23.5 Å². The molecule has 5 aromatic rings. The number of hydrogen-bond donors (Lipinski definition) is 0. The van der Waals surface area contributed by atoms with Crippen LogP contribution in [0, 0.1) is 6.92 Å². The molecule has 3 nitrogen and oxygen atoms in total. The van der Waals surface area contributed by atoms with Crippen LogP contribution >= 0.6 is 0 Å². The highest BCUT2D eigenvalue weighted by Crippen LogP contribution is 2.57. The Morgan fingerprint density at radius 1 is 0.788 bits per heavy atom. The van der Waals surface area contributed by atoms with Crippen LogP contribution in [0.2, 0.25) is 0 Å². The lowest BCUT2D eigenvalue weighted by Crippen LogP contribution is -2.72. The number of rotatable bonds is 0. The summed E-state index contributed by atoms with van der Waals surface area (Å²) in [5.74, 6) is 1.93. The zero-order valence-corrected chi connectivity index (χ0v) is 19.2. The fraction of sp³-hybridized carbons (Fsp3) is 0.200. The zero-order valence-electron chi connectivity index (χ0n) is 19.2. The van der Waals surface area contributed by atoms with Crippen LogP contribution in [-0.4, -0.2) is 0 Å². The molecule has 3 heteroatoms. The molecule has 3 aliphatic rings. The molecule has 3 aliphatic heterocycles. The van der Waals surface area contributed by atoms with E-state index in [4.69, 9.17) is 4.74 Å². The standard InChI is InChI=1S/C30H24N2O/c1-17-14-21-22-16-20(29(2,3)4)11-13-31(22)30-26(21)24(15-17)33-23-10-9-18-7-8-19-6-5-12-32(30)28(19)25(18)27(23)30/h5-16H,1-4H3/q+2. The van der Waals surface area contributed by atoms with Crippen LogP contribution in [0.1, 0.15) is 43.0 Å². The lowest BCUT2D eigenvalue weighted by molar-refractivity contribution is -0.950. The molecule has 5 heterocycles. The number of ether oxygens (including phenoxy) is 1. The van der Waals surface area contributed by atoms with E-state index in [0.29, 0.717) is 0 Å². The second-order valence-corrected chi connectivity index (χ2v) is 10.8. The fourth-order valence-corrected chi connectivity index (χ4v) is 6.49. The van der Waals surface area contributed by atoms with E-state index < -0.39 is 5.66 Å². The summed E-state index contributed by atoms with van der Waals surface area (Å²) in [4.78, 5) is 0. The summed E-state index contributed by atoms with van der Waals surface area (Å²) >= 11 is 0. The van der Waals surface area contributed by atoms with Crippen molar-refractivity contribution in [3.8, 4) is 22.8 Å². The third-order valence-corrected chi connectivity index (χ3v) is 7.86. The summed E-state index contributed by atoms with van der Waals surface area (Å²) in [7, 11) is 0. The van der Waals surface area contributed by atoms with Gasteiger partial charge in [0.1, 0.15) is 11.5 Å². The highest BCUT2D eigenvalue weighted by atomic mass is 16.5. The van der Waals surface area contributed by atoms with Gasteiger partial charge in [-0.3, -0.25) is 0 Å². The van der Waals surface area contributed by atoms with Crippen molar-refractivity contribution in [3.63, 3.8) is 0 Å². The summed E-state index contributed by atoms with van der Waals surface area (Å²) in [6, 6.07) is 22.5. The van der Waals surface area contributed by atoms with E-state index in [1.54, 1.807) is 0 Å². The van der Waals surface area contributed by atoms with E-state index in [0.717, 1.165) is 11.5 Å². The molecular weight excluding hydrogens is 404 g/mol. The van der Waals surface area contributed by atoms with Crippen LogP contribution in [0.25, 0.3) is 32.9 Å². The number of aryl methyl sites for hydroxylation is 1. The van der Waals surface area contributed by atoms with Gasteiger partial charge in [0.05, 0.1) is 10.9 Å². The SMILES string of the molecule is Cc1cc2c3c(c1)-c1cc(C(C)(C)C)cc[n+]1C31c3c(ccc4ccc5ccc[n+]1c5c34)O2. The minimum Gasteiger partial charge on any atom is -0.456 e. The van der Waals surface area contributed by atoms with Crippen molar-refractivity contribution in [1.82, 2.24) is 0 Å². The third-order valence-electron chi connectivity index (χ3n) is 7.86. The summed E-state index contributed by atoms with van der Waals surface area (Å²) in [5.41, 5.74) is 8.51. The van der Waals surface area contributed by atoms with Gasteiger partial charge in [-0.05, 0) is 59.2 Å². The Balaban J connectivity index is 1.65. The van der Waals surface area contributed by atoms with Crippen LogP contribution in [-0.2, 0) is 11.1 Å². The van der Waals surface area contributed by atoms with E-state index >= 15 is 0 Å². The minimum absolute atomic E-state index is 0.0752. The monoisotopic (exact) mass is 428 g/mol. The predicted octanol–water partition coefficient (Wildman–Crippen LogP) is 5.87. The maximum absolute atomic E-state index is 6.66. The number of pyridine rings is 2. The molecule has 158 valence electrons. The molecule has 33 heavy (non-hydrogen) atoms. The molecule has 3 aromatic carbocycles. The van der Waals surface area contributed by atoms with Gasteiger partial charge in [-0.15, -0.1) is 9.13 Å². The highest BCUT2D eigenvalue weighted by Gasteiger charge is 2.70. The molecule has 0 aliphatic carbocycles. The Morgan fingerprint density at radius 3 is 2.45 bits per heavy atom. The molecular formula is C30H24N2O+2. The predicted molar refractivity (Wildman–Crippen MR) is 129 cm³/mol. The van der Waals surface area contributed by atoms with Crippen molar-refractivity contribution in [2.24, 2.45) is 0 Å². The Bertz CT molecular complexity index is 1740. The molecule has 0 amide bonds. The third kappa shape index (κ3) is 1.83. The zero-order chi connectivity index (χ0) is 22.3. The van der Waals surface area contributed by atoms with Gasteiger partial charge in [-0.25, -0.2) is 0 Å². The molecule has 0 radical (unpaired) electrons. The first kappa shape index (κ1) is 17.8. The van der Waals surface area contributed by atoms with E-state index in [1.165, 1.54) is 55.2 Å². The van der Waals surface area contributed by atoms with Gasteiger partial charge in [-0.1, -0.05) is 32.9 Å². The van der Waals surface area contributed by atoms with E-state index in [9.17, 15) is 0 Å². The average molecular weight is 429 g/mol. The van der Waals surface area contributed by atoms with Crippen LogP contribution < -0.4 is 13.9 Å². The molecule has 1 spiro atoms. The second kappa shape index (κ2) is 5.26. The van der Waals surface area contributed by atoms with Crippen LogP contribution in [0.15, 0.2) is 73.1 Å². The fourth-order valence-electron chi connectivity index (χ4n) is 6.49. The Labute approximate surface area is 192 Å². The van der Waals surface area contributed by atoms with E-state index in [-0.39, 0.29) is 5.41 Å². The molecule has 1 unspecified atom stereocenters. The first-order chi connectivity index (χ1) is 15.9. The maximum atomic E-state index is 6.66. The lowest BCUT2D eigenvalue weighted by Gasteiger charge is -2.26. The Kier molecular flexibility index (Phi) is 2.83. The van der Waals surface area contributed by atoms with Crippen molar-refractivity contribution in [3.05, 3.63) is 95.3 Å². The topological polar surface area (TPSA) is 17.0 Å². The van der Waals surface area contributed by atoms with Crippen LogP contribution in [0.5, 0.6) is 11.5 Å². The van der Waals surface area contributed by atoms with Crippen LogP contribution in [0.4, 0.5) is 0 Å². The summed E-state index contributed by atoms with van der Waals surface area (Å²) in [6.07, 6.45) is 4.56. The van der Waals surface area contributed by atoms with Crippen molar-refractivity contribution in [1.29, 1.82) is 0 Å². The molecule has 1 atom stereocenters. The van der Waals surface area contributed by atoms with Gasteiger partial charge in [-0.2, -0.15) is 0 Å². The van der Waals surface area contributed by atoms with Crippen molar-refractivity contribution in [2.75, 3.05) is 0 Å². The van der Waals surface area contributed by atoms with E-state index in [1.807, 2.05) is 0 Å². The van der Waals surface area contributed by atoms with Gasteiger partial charge in [0, 0.05) is 23.6 Å². The van der Waals surface area contributed by atoms with Gasteiger partial charge in [0.2, 0.25) is 11.2 Å². The quantitative estimate of drug-likeness (QED) is 0.218. The summed E-state index contributed by atoms with van der Waals surface area (Å²) in [6.45, 7) is 9.02. The van der Waals surface area contributed by atoms with Gasteiger partial charge >= 0.3 is 5.66 Å². The van der Waals surface area contributed by atoms with E-state index in [2.05, 4.69) is 110 Å². The molecule has 0 saturated heterocycles. The van der Waals surface area contributed by atoms with Crippen molar-refractivity contribution >= 4 is 21.7 Å². The molecule has 8 rings (SSSR count). The average Bonchev–Trinajstić information content (AvgIpc) is 3.27. The smallest absolute Gasteiger partial charge is 0.425 e. The van der Waals surface area contributed by atoms with Crippen LogP contribution in [0.3, 0.4) is 0 Å². The molecule has 0 bridgehead atoms. The molecule has 0 fully saturated rings. The number of nitrogens with zero attached hydrogens (tertiary/aromatic N) is 2. The molecule has 0 N–H and O–H groups in total.